The minimum atomic E-state index is 0.0600. The Morgan fingerprint density at radius 2 is 2.21 bits per heavy atom. The second-order valence-corrected chi connectivity index (χ2v) is 8.25. The summed E-state index contributed by atoms with van der Waals surface area (Å²) in [5.41, 5.74) is 3.30. The van der Waals surface area contributed by atoms with Crippen molar-refractivity contribution in [1.29, 1.82) is 0 Å². The monoisotopic (exact) mass is 360 g/mol. The van der Waals surface area contributed by atoms with Crippen LogP contribution in [0.2, 0.25) is 5.02 Å². The van der Waals surface area contributed by atoms with Gasteiger partial charge in [0.15, 0.2) is 0 Å². The first kappa shape index (κ1) is 16.1. The Morgan fingerprint density at radius 3 is 2.96 bits per heavy atom. The predicted octanol–water partition coefficient (Wildman–Crippen LogP) is 4.66. The van der Waals surface area contributed by atoms with Gasteiger partial charge in [0, 0.05) is 28.2 Å². The number of rotatable bonds is 4. The van der Waals surface area contributed by atoms with Crippen LogP contribution < -0.4 is 5.32 Å². The summed E-state index contributed by atoms with van der Waals surface area (Å²) in [5.74, 6) is 0.786. The molecule has 1 aliphatic carbocycles. The topological polar surface area (TPSA) is 32.3 Å². The van der Waals surface area contributed by atoms with Crippen LogP contribution in [0.3, 0.4) is 0 Å². The van der Waals surface area contributed by atoms with Crippen molar-refractivity contribution in [3.8, 4) is 0 Å². The van der Waals surface area contributed by atoms with Crippen LogP contribution in [0.25, 0.3) is 0 Å². The zero-order chi connectivity index (χ0) is 16.7. The largest absolute Gasteiger partial charge is 0.325 e. The molecule has 1 aliphatic heterocycles. The summed E-state index contributed by atoms with van der Waals surface area (Å²) in [7, 11) is 0. The molecule has 1 aromatic heterocycles. The molecule has 2 aliphatic rings. The van der Waals surface area contributed by atoms with E-state index in [-0.39, 0.29) is 5.91 Å². The maximum atomic E-state index is 12.6. The van der Waals surface area contributed by atoms with E-state index < -0.39 is 0 Å². The molecule has 2 aromatic rings. The average molecular weight is 361 g/mol. The highest BCUT2D eigenvalue weighted by Crippen LogP contribution is 2.48. The number of hydrogen-bond acceptors (Lipinski definition) is 3. The fraction of sp³-hybridized carbons (Fsp3) is 0.421. The third kappa shape index (κ3) is 3.23. The normalized spacial score (nSPS) is 20.7. The summed E-state index contributed by atoms with van der Waals surface area (Å²) in [6.07, 6.45) is 3.63. The number of nitrogens with zero attached hydrogens (tertiary/aromatic N) is 1. The van der Waals surface area contributed by atoms with Crippen molar-refractivity contribution in [3.05, 3.63) is 50.7 Å². The first-order valence-corrected chi connectivity index (χ1v) is 9.74. The Hall–Kier alpha value is -1.36. The summed E-state index contributed by atoms with van der Waals surface area (Å²) in [6, 6.07) is 8.26. The lowest BCUT2D eigenvalue weighted by Crippen LogP contribution is -2.41. The Balaban J connectivity index is 1.47. The van der Waals surface area contributed by atoms with E-state index in [1.165, 1.54) is 23.3 Å². The molecule has 1 atom stereocenters. The number of aryl methyl sites for hydroxylation is 1. The fourth-order valence-corrected chi connectivity index (χ4v) is 4.82. The number of carbonyl (C=O) groups excluding carboxylic acids is 1. The van der Waals surface area contributed by atoms with Crippen molar-refractivity contribution in [3.63, 3.8) is 0 Å². The molecule has 0 spiro atoms. The molecule has 126 valence electrons. The van der Waals surface area contributed by atoms with Crippen LogP contribution in [-0.2, 0) is 11.2 Å². The second-order valence-electron chi connectivity index (χ2n) is 6.81. The third-order valence-corrected chi connectivity index (χ3v) is 6.23. The van der Waals surface area contributed by atoms with Crippen LogP contribution in [0.1, 0.15) is 34.9 Å². The Labute approximate surface area is 151 Å². The maximum Gasteiger partial charge on any atom is 0.238 e. The summed E-state index contributed by atoms with van der Waals surface area (Å²) in [5, 5.41) is 5.94. The van der Waals surface area contributed by atoms with Crippen molar-refractivity contribution in [2.75, 3.05) is 18.4 Å². The first-order chi connectivity index (χ1) is 11.6. The van der Waals surface area contributed by atoms with Crippen molar-refractivity contribution < 1.29 is 4.79 Å². The van der Waals surface area contributed by atoms with Gasteiger partial charge in [-0.25, -0.2) is 0 Å². The lowest BCUT2D eigenvalue weighted by molar-refractivity contribution is -0.118. The van der Waals surface area contributed by atoms with E-state index in [4.69, 9.17) is 11.6 Å². The van der Waals surface area contributed by atoms with Gasteiger partial charge in [-0.2, -0.15) is 0 Å². The number of anilines is 1. The standard InChI is InChI=1S/C19H21ClN2OS/c1-12-10-14(20)4-5-16(12)21-18(23)11-22-8-6-17-15(7-9-24-17)19(22)13-2-3-13/h4-5,7,9-10,13,19H,2-3,6,8,11H2,1H3,(H,21,23)/t19-/m0/s1. The van der Waals surface area contributed by atoms with Crippen LogP contribution in [-0.4, -0.2) is 23.9 Å². The zero-order valence-corrected chi connectivity index (χ0v) is 15.3. The molecule has 2 heterocycles. The molecule has 1 saturated carbocycles. The van der Waals surface area contributed by atoms with Crippen molar-refractivity contribution in [1.82, 2.24) is 4.90 Å². The Kier molecular flexibility index (Phi) is 4.37. The first-order valence-electron chi connectivity index (χ1n) is 8.48. The van der Waals surface area contributed by atoms with Crippen LogP contribution in [0.15, 0.2) is 29.6 Å². The summed E-state index contributed by atoms with van der Waals surface area (Å²) in [6.45, 7) is 3.40. The second kappa shape index (κ2) is 6.51. The van der Waals surface area contributed by atoms with Crippen LogP contribution in [0.4, 0.5) is 5.69 Å². The van der Waals surface area contributed by atoms with Gasteiger partial charge in [-0.15, -0.1) is 11.3 Å². The van der Waals surface area contributed by atoms with E-state index >= 15 is 0 Å². The molecule has 24 heavy (non-hydrogen) atoms. The van der Waals surface area contributed by atoms with Gasteiger partial charge >= 0.3 is 0 Å². The highest BCUT2D eigenvalue weighted by Gasteiger charge is 2.40. The molecule has 1 fully saturated rings. The molecule has 5 heteroatoms. The molecule has 0 radical (unpaired) electrons. The van der Waals surface area contributed by atoms with Crippen LogP contribution in [0.5, 0.6) is 0 Å². The highest BCUT2D eigenvalue weighted by molar-refractivity contribution is 7.10. The number of amides is 1. The minimum Gasteiger partial charge on any atom is -0.325 e. The van der Waals surface area contributed by atoms with Gasteiger partial charge in [0.2, 0.25) is 5.91 Å². The van der Waals surface area contributed by atoms with Crippen molar-refractivity contribution >= 4 is 34.5 Å². The summed E-state index contributed by atoms with van der Waals surface area (Å²) < 4.78 is 0. The van der Waals surface area contributed by atoms with Gasteiger partial charge in [0.25, 0.3) is 0 Å². The number of nitrogens with one attached hydrogen (secondary N) is 1. The predicted molar refractivity (Wildman–Crippen MR) is 99.9 cm³/mol. The molecule has 3 nitrogen and oxygen atoms in total. The van der Waals surface area contributed by atoms with E-state index in [0.717, 1.165) is 30.1 Å². The van der Waals surface area contributed by atoms with Crippen LogP contribution >= 0.6 is 22.9 Å². The molecular formula is C19H21ClN2OS. The maximum absolute atomic E-state index is 12.6. The molecule has 0 bridgehead atoms. The molecule has 0 unspecified atom stereocenters. The van der Waals surface area contributed by atoms with Gasteiger partial charge in [0.05, 0.1) is 6.54 Å². The number of fused-ring (bicyclic) bond motifs is 1. The number of halogens is 1. The van der Waals surface area contributed by atoms with Gasteiger partial charge in [-0.3, -0.25) is 9.69 Å². The number of carbonyl (C=O) groups is 1. The highest BCUT2D eigenvalue weighted by atomic mass is 35.5. The van der Waals surface area contributed by atoms with E-state index in [9.17, 15) is 4.79 Å². The smallest absolute Gasteiger partial charge is 0.238 e. The molecule has 4 rings (SSSR count). The molecule has 0 saturated heterocycles. The number of thiophene rings is 1. The third-order valence-electron chi connectivity index (χ3n) is 5.00. The van der Waals surface area contributed by atoms with Gasteiger partial charge in [-0.1, -0.05) is 11.6 Å². The molecule has 1 N–H and O–H groups in total. The summed E-state index contributed by atoms with van der Waals surface area (Å²) in [4.78, 5) is 16.5. The van der Waals surface area contributed by atoms with Gasteiger partial charge in [-0.05, 0) is 72.9 Å². The molecule has 1 amide bonds. The lowest BCUT2D eigenvalue weighted by Gasteiger charge is -2.35. The summed E-state index contributed by atoms with van der Waals surface area (Å²) >= 11 is 7.85. The van der Waals surface area contributed by atoms with E-state index in [1.807, 2.05) is 36.5 Å². The molecular weight excluding hydrogens is 340 g/mol. The number of hydrogen-bond donors (Lipinski definition) is 1. The lowest BCUT2D eigenvalue weighted by atomic mass is 9.96. The SMILES string of the molecule is Cc1cc(Cl)ccc1NC(=O)CN1CCc2sccc2[C@@H]1C1CC1. The Morgan fingerprint density at radius 1 is 1.38 bits per heavy atom. The van der Waals surface area contributed by atoms with E-state index in [2.05, 4.69) is 21.7 Å². The minimum absolute atomic E-state index is 0.0600. The average Bonchev–Trinajstić information content (AvgIpc) is 3.26. The fourth-order valence-electron chi connectivity index (χ4n) is 3.68. The van der Waals surface area contributed by atoms with Gasteiger partial charge in [0.1, 0.15) is 0 Å². The van der Waals surface area contributed by atoms with Crippen LogP contribution in [0, 0.1) is 12.8 Å². The van der Waals surface area contributed by atoms with Crippen molar-refractivity contribution in [2.24, 2.45) is 5.92 Å². The molecule has 1 aromatic carbocycles. The quantitative estimate of drug-likeness (QED) is 0.860. The number of benzene rings is 1. The van der Waals surface area contributed by atoms with Gasteiger partial charge < -0.3 is 5.32 Å². The van der Waals surface area contributed by atoms with E-state index in [1.54, 1.807) is 0 Å². The zero-order valence-electron chi connectivity index (χ0n) is 13.7. The van der Waals surface area contributed by atoms with Crippen molar-refractivity contribution in [2.45, 2.75) is 32.2 Å². The Bertz CT molecular complexity index is 768. The van der Waals surface area contributed by atoms with E-state index in [0.29, 0.717) is 17.6 Å².